The van der Waals surface area contributed by atoms with Gasteiger partial charge in [-0.25, -0.2) is 0 Å². The molecule has 3 aliphatic rings. The molecule has 2 aliphatic heterocycles. The Hall–Kier alpha value is -2.86. The summed E-state index contributed by atoms with van der Waals surface area (Å²) >= 11 is 0. The summed E-state index contributed by atoms with van der Waals surface area (Å²) in [6.07, 6.45) is 9.34. The third-order valence-corrected chi connectivity index (χ3v) is 8.05. The lowest BCUT2D eigenvalue weighted by Gasteiger charge is -2.31. The van der Waals surface area contributed by atoms with Crippen molar-refractivity contribution in [2.24, 2.45) is 5.92 Å². The molecule has 1 saturated carbocycles. The molecular weight excluding hydrogens is 438 g/mol. The molecule has 1 unspecified atom stereocenters. The predicted octanol–water partition coefficient (Wildman–Crippen LogP) is 4.26. The Morgan fingerprint density at radius 2 is 1.74 bits per heavy atom. The molecule has 186 valence electrons. The van der Waals surface area contributed by atoms with Crippen molar-refractivity contribution in [3.63, 3.8) is 0 Å². The Balaban J connectivity index is 1.24. The normalized spacial score (nSPS) is 21.9. The summed E-state index contributed by atoms with van der Waals surface area (Å²) in [5.74, 6) is 0.376. The summed E-state index contributed by atoms with van der Waals surface area (Å²) in [5.41, 5.74) is 3.20. The van der Waals surface area contributed by atoms with Crippen molar-refractivity contribution in [1.29, 1.82) is 0 Å². The smallest absolute Gasteiger partial charge is 0.251 e. The van der Waals surface area contributed by atoms with Crippen molar-refractivity contribution in [2.75, 3.05) is 19.6 Å². The zero-order chi connectivity index (χ0) is 24.2. The Kier molecular flexibility index (Phi) is 7.37. The fraction of sp³-hybridized carbons (Fsp3) is 0.517. The van der Waals surface area contributed by atoms with Gasteiger partial charge in [0, 0.05) is 30.1 Å². The van der Waals surface area contributed by atoms with Crippen LogP contribution in [0.25, 0.3) is 11.1 Å². The van der Waals surface area contributed by atoms with Crippen molar-refractivity contribution in [3.8, 4) is 16.9 Å². The number of phenolic OH excluding ortho intramolecular Hbond substituents is 1. The second-order valence-electron chi connectivity index (χ2n) is 10.4. The molecule has 3 N–H and O–H groups in total. The number of rotatable bonds is 6. The van der Waals surface area contributed by atoms with E-state index in [4.69, 9.17) is 0 Å². The van der Waals surface area contributed by atoms with Crippen LogP contribution in [0.15, 0.2) is 42.5 Å². The first kappa shape index (κ1) is 23.9. The van der Waals surface area contributed by atoms with Gasteiger partial charge in [0.25, 0.3) is 5.91 Å². The highest BCUT2D eigenvalue weighted by molar-refractivity contribution is 5.95. The zero-order valence-corrected chi connectivity index (χ0v) is 20.5. The van der Waals surface area contributed by atoms with Crippen molar-refractivity contribution in [3.05, 3.63) is 53.6 Å². The second kappa shape index (κ2) is 10.8. The maximum atomic E-state index is 13.1. The van der Waals surface area contributed by atoms with Crippen molar-refractivity contribution in [1.82, 2.24) is 15.5 Å². The second-order valence-corrected chi connectivity index (χ2v) is 10.4. The van der Waals surface area contributed by atoms with Crippen LogP contribution in [-0.2, 0) is 11.2 Å². The largest absolute Gasteiger partial charge is 0.508 e. The van der Waals surface area contributed by atoms with E-state index in [1.807, 2.05) is 36.4 Å². The van der Waals surface area contributed by atoms with E-state index in [9.17, 15) is 14.7 Å². The molecule has 6 nitrogen and oxygen atoms in total. The van der Waals surface area contributed by atoms with Gasteiger partial charge in [0.15, 0.2) is 0 Å². The molecule has 0 bridgehead atoms. The molecule has 3 fully saturated rings. The first-order valence-electron chi connectivity index (χ1n) is 13.3. The molecule has 2 aromatic rings. The molecule has 0 aromatic heterocycles. The van der Waals surface area contributed by atoms with Gasteiger partial charge in [0.2, 0.25) is 5.91 Å². The van der Waals surface area contributed by atoms with E-state index in [1.165, 1.54) is 19.3 Å². The molecule has 2 amide bonds. The summed E-state index contributed by atoms with van der Waals surface area (Å²) in [6, 6.07) is 13.9. The zero-order valence-electron chi connectivity index (χ0n) is 20.5. The third-order valence-electron chi connectivity index (χ3n) is 8.05. The standard InChI is InChI=1S/C29H37N3O3/c33-27-19-21(20-5-4-6-23(17-20)28(34)31-25-11-14-30-15-12-25)9-10-22(27)18-24-13-16-32(29(24)35)26-7-2-1-3-8-26/h4-6,9-10,17,19,24-26,30,33H,1-3,7-8,11-16,18H2,(H,31,34). The summed E-state index contributed by atoms with van der Waals surface area (Å²) in [6.45, 7) is 2.71. The number of aromatic hydroxyl groups is 1. The van der Waals surface area contributed by atoms with Crippen LogP contribution in [0.4, 0.5) is 0 Å². The Labute approximate surface area is 208 Å². The number of nitrogens with one attached hydrogen (secondary N) is 2. The van der Waals surface area contributed by atoms with E-state index in [0.29, 0.717) is 18.0 Å². The average molecular weight is 476 g/mol. The number of benzene rings is 2. The molecule has 5 rings (SSSR count). The maximum absolute atomic E-state index is 13.1. The van der Waals surface area contributed by atoms with Gasteiger partial charge in [0.05, 0.1) is 0 Å². The lowest BCUT2D eigenvalue weighted by Crippen LogP contribution is -2.42. The fourth-order valence-electron chi connectivity index (χ4n) is 5.96. The van der Waals surface area contributed by atoms with Crippen LogP contribution >= 0.6 is 0 Å². The minimum absolute atomic E-state index is 0.0457. The molecule has 2 aromatic carbocycles. The fourth-order valence-corrected chi connectivity index (χ4v) is 5.96. The van der Waals surface area contributed by atoms with E-state index in [2.05, 4.69) is 15.5 Å². The number of carbonyl (C=O) groups excluding carboxylic acids is 2. The Bertz CT molecular complexity index is 1060. The number of likely N-dealkylation sites (tertiary alicyclic amines) is 1. The molecular formula is C29H37N3O3. The summed E-state index contributed by atoms with van der Waals surface area (Å²) in [4.78, 5) is 27.9. The SMILES string of the molecule is O=C(NC1CCNCC1)c1cccc(-c2ccc(CC3CCN(C4CCCCC4)C3=O)c(O)c2)c1. The van der Waals surface area contributed by atoms with E-state index in [-0.39, 0.29) is 29.5 Å². The van der Waals surface area contributed by atoms with Gasteiger partial charge in [0.1, 0.15) is 5.75 Å². The highest BCUT2D eigenvalue weighted by Crippen LogP contribution is 2.33. The van der Waals surface area contributed by atoms with Crippen molar-refractivity contribution >= 4 is 11.8 Å². The number of hydrogen-bond donors (Lipinski definition) is 3. The predicted molar refractivity (Wildman–Crippen MR) is 137 cm³/mol. The van der Waals surface area contributed by atoms with Gasteiger partial charge in [-0.1, -0.05) is 43.5 Å². The minimum Gasteiger partial charge on any atom is -0.508 e. The lowest BCUT2D eigenvalue weighted by molar-refractivity contribution is -0.133. The van der Waals surface area contributed by atoms with E-state index < -0.39 is 0 Å². The minimum atomic E-state index is -0.0538. The number of nitrogens with zero attached hydrogens (tertiary/aromatic N) is 1. The summed E-state index contributed by atoms with van der Waals surface area (Å²) in [5, 5.41) is 17.3. The van der Waals surface area contributed by atoms with Gasteiger partial charge in [-0.3, -0.25) is 9.59 Å². The molecule has 2 heterocycles. The van der Waals surface area contributed by atoms with Gasteiger partial charge < -0.3 is 20.6 Å². The third kappa shape index (κ3) is 5.53. The number of hydrogen-bond acceptors (Lipinski definition) is 4. The summed E-state index contributed by atoms with van der Waals surface area (Å²) < 4.78 is 0. The van der Waals surface area contributed by atoms with Crippen LogP contribution in [0.5, 0.6) is 5.75 Å². The van der Waals surface area contributed by atoms with Crippen LogP contribution in [0.2, 0.25) is 0 Å². The Morgan fingerprint density at radius 3 is 2.51 bits per heavy atom. The average Bonchev–Trinajstić information content (AvgIpc) is 3.26. The number of carbonyl (C=O) groups is 2. The monoisotopic (exact) mass is 475 g/mol. The van der Waals surface area contributed by atoms with Crippen LogP contribution in [-0.4, -0.2) is 53.5 Å². The van der Waals surface area contributed by atoms with Gasteiger partial charge in [-0.15, -0.1) is 0 Å². The quantitative estimate of drug-likeness (QED) is 0.583. The first-order valence-corrected chi connectivity index (χ1v) is 13.3. The van der Waals surface area contributed by atoms with E-state index in [1.54, 1.807) is 6.07 Å². The number of amides is 2. The van der Waals surface area contributed by atoms with Crippen LogP contribution < -0.4 is 10.6 Å². The van der Waals surface area contributed by atoms with Crippen LogP contribution in [0, 0.1) is 5.92 Å². The first-order chi connectivity index (χ1) is 17.1. The molecule has 0 spiro atoms. The molecule has 1 atom stereocenters. The number of piperidine rings is 1. The van der Waals surface area contributed by atoms with E-state index in [0.717, 1.165) is 68.4 Å². The van der Waals surface area contributed by atoms with E-state index >= 15 is 0 Å². The molecule has 0 radical (unpaired) electrons. The van der Waals surface area contributed by atoms with Gasteiger partial charge in [-0.2, -0.15) is 0 Å². The van der Waals surface area contributed by atoms with Crippen LogP contribution in [0.3, 0.4) is 0 Å². The molecule has 35 heavy (non-hydrogen) atoms. The topological polar surface area (TPSA) is 81.7 Å². The van der Waals surface area contributed by atoms with Gasteiger partial charge >= 0.3 is 0 Å². The molecule has 1 aliphatic carbocycles. The molecule has 6 heteroatoms. The molecule has 2 saturated heterocycles. The Morgan fingerprint density at radius 1 is 0.971 bits per heavy atom. The number of phenols is 1. The van der Waals surface area contributed by atoms with Crippen molar-refractivity contribution < 1.29 is 14.7 Å². The van der Waals surface area contributed by atoms with Crippen molar-refractivity contribution in [2.45, 2.75) is 69.9 Å². The highest BCUT2D eigenvalue weighted by Gasteiger charge is 2.36. The highest BCUT2D eigenvalue weighted by atomic mass is 16.3. The maximum Gasteiger partial charge on any atom is 0.251 e. The lowest BCUT2D eigenvalue weighted by atomic mass is 9.93. The van der Waals surface area contributed by atoms with Crippen LogP contribution in [0.1, 0.15) is 67.3 Å². The summed E-state index contributed by atoms with van der Waals surface area (Å²) in [7, 11) is 0. The van der Waals surface area contributed by atoms with Gasteiger partial charge in [-0.05, 0) is 86.5 Å².